The first-order valence-electron chi connectivity index (χ1n) is 5.03. The van der Waals surface area contributed by atoms with Crippen molar-refractivity contribution in [1.29, 1.82) is 0 Å². The smallest absolute Gasteiger partial charge is 0.212 e. The molecule has 1 aromatic heterocycles. The second kappa shape index (κ2) is 4.13. The van der Waals surface area contributed by atoms with Gasteiger partial charge < -0.3 is 4.74 Å². The van der Waals surface area contributed by atoms with Gasteiger partial charge in [0.15, 0.2) is 0 Å². The standard InChI is InChI=1S/C11H19NOSi/c1-9(2)13-11-10(14(3,4)5)7-6-8-12-11/h6-9H,1-5H3. The summed E-state index contributed by atoms with van der Waals surface area (Å²) < 4.78 is 5.70. The van der Waals surface area contributed by atoms with E-state index in [1.165, 1.54) is 5.19 Å². The van der Waals surface area contributed by atoms with Gasteiger partial charge in [-0.25, -0.2) is 4.98 Å². The molecular weight excluding hydrogens is 190 g/mol. The van der Waals surface area contributed by atoms with Gasteiger partial charge in [0.2, 0.25) is 5.88 Å². The third-order valence-corrected chi connectivity index (χ3v) is 3.92. The van der Waals surface area contributed by atoms with E-state index in [0.29, 0.717) is 0 Å². The molecule has 1 heterocycles. The van der Waals surface area contributed by atoms with Crippen LogP contribution < -0.4 is 9.92 Å². The van der Waals surface area contributed by atoms with Gasteiger partial charge >= 0.3 is 0 Å². The average Bonchev–Trinajstić information content (AvgIpc) is 2.01. The number of hydrogen-bond donors (Lipinski definition) is 0. The fraction of sp³-hybridized carbons (Fsp3) is 0.545. The Labute approximate surface area is 87.3 Å². The first-order valence-corrected chi connectivity index (χ1v) is 8.53. The molecule has 78 valence electrons. The quantitative estimate of drug-likeness (QED) is 0.713. The highest BCUT2D eigenvalue weighted by atomic mass is 28.3. The van der Waals surface area contributed by atoms with Crippen molar-refractivity contribution in [2.75, 3.05) is 0 Å². The van der Waals surface area contributed by atoms with Crippen LogP contribution >= 0.6 is 0 Å². The van der Waals surface area contributed by atoms with E-state index in [0.717, 1.165) is 5.88 Å². The van der Waals surface area contributed by atoms with Crippen molar-refractivity contribution < 1.29 is 4.74 Å². The van der Waals surface area contributed by atoms with Gasteiger partial charge in [0.05, 0.1) is 14.2 Å². The molecule has 0 atom stereocenters. The Bertz CT molecular complexity index is 304. The Kier molecular flexibility index (Phi) is 3.32. The maximum absolute atomic E-state index is 5.70. The van der Waals surface area contributed by atoms with Crippen molar-refractivity contribution in [1.82, 2.24) is 4.98 Å². The van der Waals surface area contributed by atoms with E-state index in [4.69, 9.17) is 4.74 Å². The van der Waals surface area contributed by atoms with E-state index in [-0.39, 0.29) is 6.10 Å². The topological polar surface area (TPSA) is 22.1 Å². The maximum atomic E-state index is 5.70. The zero-order chi connectivity index (χ0) is 10.8. The predicted octanol–water partition coefficient (Wildman–Crippen LogP) is 2.41. The minimum absolute atomic E-state index is 0.194. The lowest BCUT2D eigenvalue weighted by Gasteiger charge is -2.20. The molecule has 0 amide bonds. The number of rotatable bonds is 3. The number of ether oxygens (including phenoxy) is 1. The molecule has 0 aliphatic heterocycles. The van der Waals surface area contributed by atoms with Crippen molar-refractivity contribution in [2.24, 2.45) is 0 Å². The second-order valence-corrected chi connectivity index (χ2v) is 9.81. The van der Waals surface area contributed by atoms with Gasteiger partial charge in [-0.2, -0.15) is 0 Å². The molecule has 2 nitrogen and oxygen atoms in total. The van der Waals surface area contributed by atoms with Gasteiger partial charge in [0, 0.05) is 11.4 Å². The Morgan fingerprint density at radius 1 is 1.29 bits per heavy atom. The van der Waals surface area contributed by atoms with E-state index in [9.17, 15) is 0 Å². The van der Waals surface area contributed by atoms with Gasteiger partial charge in [-0.3, -0.25) is 0 Å². The Morgan fingerprint density at radius 3 is 2.43 bits per heavy atom. The van der Waals surface area contributed by atoms with Crippen LogP contribution in [0.25, 0.3) is 0 Å². The van der Waals surface area contributed by atoms with Gasteiger partial charge in [0.25, 0.3) is 0 Å². The van der Waals surface area contributed by atoms with Crippen LogP contribution in [-0.4, -0.2) is 19.2 Å². The highest BCUT2D eigenvalue weighted by Gasteiger charge is 2.22. The molecule has 0 spiro atoms. The first-order chi connectivity index (χ1) is 6.41. The third-order valence-electron chi connectivity index (χ3n) is 1.93. The zero-order valence-electron chi connectivity index (χ0n) is 9.66. The SMILES string of the molecule is CC(C)Oc1ncccc1[Si](C)(C)C. The summed E-state index contributed by atoms with van der Waals surface area (Å²) in [5.41, 5.74) is 0. The zero-order valence-corrected chi connectivity index (χ0v) is 10.7. The second-order valence-electron chi connectivity index (χ2n) is 4.77. The van der Waals surface area contributed by atoms with Crippen molar-refractivity contribution >= 4 is 13.3 Å². The van der Waals surface area contributed by atoms with Crippen LogP contribution in [0.2, 0.25) is 19.6 Å². The molecule has 0 bridgehead atoms. The van der Waals surface area contributed by atoms with Crippen LogP contribution in [0.4, 0.5) is 0 Å². The molecule has 0 fully saturated rings. The molecular formula is C11H19NOSi. The van der Waals surface area contributed by atoms with Gasteiger partial charge in [-0.15, -0.1) is 0 Å². The van der Waals surface area contributed by atoms with Crippen LogP contribution in [0.3, 0.4) is 0 Å². The number of pyridine rings is 1. The lowest BCUT2D eigenvalue weighted by molar-refractivity contribution is 0.235. The minimum atomic E-state index is -1.33. The van der Waals surface area contributed by atoms with Gasteiger partial charge in [0.1, 0.15) is 0 Å². The van der Waals surface area contributed by atoms with Crippen LogP contribution in [0.15, 0.2) is 18.3 Å². The average molecular weight is 209 g/mol. The molecule has 3 heteroatoms. The summed E-state index contributed by atoms with van der Waals surface area (Å²) in [4.78, 5) is 4.30. The summed E-state index contributed by atoms with van der Waals surface area (Å²) in [5.74, 6) is 0.821. The molecule has 0 N–H and O–H groups in total. The molecule has 14 heavy (non-hydrogen) atoms. The third kappa shape index (κ3) is 2.84. The predicted molar refractivity (Wildman–Crippen MR) is 63.0 cm³/mol. The van der Waals surface area contributed by atoms with Crippen molar-refractivity contribution in [3.63, 3.8) is 0 Å². The van der Waals surface area contributed by atoms with Crippen LogP contribution in [0.1, 0.15) is 13.8 Å². The molecule has 0 aliphatic carbocycles. The highest BCUT2D eigenvalue weighted by molar-refractivity contribution is 6.89. The lowest BCUT2D eigenvalue weighted by atomic mass is 10.4. The molecule has 0 unspecified atom stereocenters. The normalized spacial score (nSPS) is 11.9. The van der Waals surface area contributed by atoms with Crippen LogP contribution in [0, 0.1) is 0 Å². The number of hydrogen-bond acceptors (Lipinski definition) is 2. The molecule has 0 radical (unpaired) electrons. The molecule has 0 saturated heterocycles. The van der Waals surface area contributed by atoms with E-state index >= 15 is 0 Å². The fourth-order valence-electron chi connectivity index (χ4n) is 1.28. The summed E-state index contributed by atoms with van der Waals surface area (Å²) in [5, 5.41) is 1.30. The van der Waals surface area contributed by atoms with E-state index < -0.39 is 8.07 Å². The first kappa shape index (κ1) is 11.2. The summed E-state index contributed by atoms with van der Waals surface area (Å²) in [7, 11) is -1.33. The molecule has 1 aromatic rings. The summed E-state index contributed by atoms with van der Waals surface area (Å²) in [6.07, 6.45) is 1.99. The monoisotopic (exact) mass is 209 g/mol. The lowest BCUT2D eigenvalue weighted by Crippen LogP contribution is -2.39. The minimum Gasteiger partial charge on any atom is -0.475 e. The molecule has 0 aromatic carbocycles. The largest absolute Gasteiger partial charge is 0.475 e. The Balaban J connectivity index is 3.04. The van der Waals surface area contributed by atoms with E-state index in [2.05, 4.69) is 30.7 Å². The molecule has 1 rings (SSSR count). The Hall–Kier alpha value is -0.833. The molecule has 0 aliphatic rings. The summed E-state index contributed by atoms with van der Waals surface area (Å²) in [6, 6.07) is 4.12. The summed E-state index contributed by atoms with van der Waals surface area (Å²) in [6.45, 7) is 11.0. The number of nitrogens with zero attached hydrogens (tertiary/aromatic N) is 1. The highest BCUT2D eigenvalue weighted by Crippen LogP contribution is 2.12. The maximum Gasteiger partial charge on any atom is 0.212 e. The summed E-state index contributed by atoms with van der Waals surface area (Å²) >= 11 is 0. The fourth-order valence-corrected chi connectivity index (χ4v) is 2.64. The van der Waals surface area contributed by atoms with Crippen molar-refractivity contribution in [3.05, 3.63) is 18.3 Å². The van der Waals surface area contributed by atoms with E-state index in [1.807, 2.05) is 19.9 Å². The van der Waals surface area contributed by atoms with Crippen molar-refractivity contribution in [3.8, 4) is 5.88 Å². The van der Waals surface area contributed by atoms with Gasteiger partial charge in [-0.05, 0) is 19.9 Å². The van der Waals surface area contributed by atoms with Crippen LogP contribution in [-0.2, 0) is 0 Å². The van der Waals surface area contributed by atoms with E-state index in [1.54, 1.807) is 6.20 Å². The number of aromatic nitrogens is 1. The molecule has 0 saturated carbocycles. The van der Waals surface area contributed by atoms with Crippen molar-refractivity contribution in [2.45, 2.75) is 39.6 Å². The Morgan fingerprint density at radius 2 is 1.93 bits per heavy atom. The van der Waals surface area contributed by atoms with Gasteiger partial charge in [-0.1, -0.05) is 25.7 Å². The van der Waals surface area contributed by atoms with Crippen LogP contribution in [0.5, 0.6) is 5.88 Å².